The van der Waals surface area contributed by atoms with Crippen molar-refractivity contribution in [3.8, 4) is 0 Å². The molecule has 0 unspecified atom stereocenters. The van der Waals surface area contributed by atoms with Crippen molar-refractivity contribution >= 4 is 9.84 Å². The molecule has 1 N–H and O–H groups in total. The Balaban J connectivity index is 1.81. The van der Waals surface area contributed by atoms with Gasteiger partial charge >= 0.3 is 0 Å². The average molecular weight is 249 g/mol. The van der Waals surface area contributed by atoms with E-state index < -0.39 is 14.6 Å². The van der Waals surface area contributed by atoms with Gasteiger partial charge in [-0.1, -0.05) is 18.2 Å². The van der Waals surface area contributed by atoms with E-state index in [2.05, 4.69) is 5.32 Å². The van der Waals surface area contributed by atoms with Crippen LogP contribution in [0.1, 0.15) is 19.3 Å². The maximum atomic E-state index is 12.7. The standard InChI is InChI=1S/C13H15NO2S/c15-17(16,10-4-2-1-3-5-10)13-8-9(13)6-7-11-12(13)14-11/h1-5,9,11-12,14H,6-8H2/t9-,11-,12-,13-/m0/s1. The predicted octanol–water partition coefficient (Wildman–Crippen LogP) is 1.35. The molecule has 0 bridgehead atoms. The van der Waals surface area contributed by atoms with E-state index in [0.717, 1.165) is 19.3 Å². The molecular formula is C13H15NO2S. The fraction of sp³-hybridized carbons (Fsp3) is 0.538. The van der Waals surface area contributed by atoms with Gasteiger partial charge in [0.1, 0.15) is 0 Å². The number of benzene rings is 1. The van der Waals surface area contributed by atoms with Crippen LogP contribution in [0.15, 0.2) is 35.2 Å². The number of rotatable bonds is 2. The number of fused-ring (bicyclic) bond motifs is 3. The third-order valence-electron chi connectivity index (χ3n) is 4.69. The largest absolute Gasteiger partial charge is 0.307 e. The summed E-state index contributed by atoms with van der Waals surface area (Å²) in [4.78, 5) is 0.497. The molecule has 3 fully saturated rings. The normalized spacial score (nSPS) is 42.5. The van der Waals surface area contributed by atoms with Gasteiger partial charge in [0.05, 0.1) is 9.64 Å². The Morgan fingerprint density at radius 2 is 1.94 bits per heavy atom. The highest BCUT2D eigenvalue weighted by molar-refractivity contribution is 7.93. The monoisotopic (exact) mass is 249 g/mol. The lowest BCUT2D eigenvalue weighted by atomic mass is 10.0. The first-order valence-corrected chi connectivity index (χ1v) is 7.70. The minimum Gasteiger partial charge on any atom is -0.307 e. The van der Waals surface area contributed by atoms with Crippen molar-refractivity contribution < 1.29 is 8.42 Å². The Bertz CT molecular complexity index is 568. The van der Waals surface area contributed by atoms with Gasteiger partial charge in [0.15, 0.2) is 9.84 Å². The van der Waals surface area contributed by atoms with E-state index in [1.165, 1.54) is 0 Å². The van der Waals surface area contributed by atoms with Crippen LogP contribution in [0.2, 0.25) is 0 Å². The van der Waals surface area contributed by atoms with Gasteiger partial charge in [0, 0.05) is 12.1 Å². The molecule has 2 saturated carbocycles. The summed E-state index contributed by atoms with van der Waals surface area (Å²) in [5.41, 5.74) is 0. The highest BCUT2D eigenvalue weighted by Gasteiger charge is 2.75. The summed E-state index contributed by atoms with van der Waals surface area (Å²) < 4.78 is 25.0. The van der Waals surface area contributed by atoms with Gasteiger partial charge in [-0.2, -0.15) is 0 Å². The minimum atomic E-state index is -3.16. The molecule has 1 aliphatic heterocycles. The highest BCUT2D eigenvalue weighted by Crippen LogP contribution is 2.63. The first kappa shape index (κ1) is 10.1. The molecule has 4 rings (SSSR count). The molecule has 0 radical (unpaired) electrons. The van der Waals surface area contributed by atoms with E-state index in [9.17, 15) is 8.42 Å². The van der Waals surface area contributed by atoms with Crippen molar-refractivity contribution in [1.29, 1.82) is 0 Å². The molecule has 17 heavy (non-hydrogen) atoms. The lowest BCUT2D eigenvalue weighted by Crippen LogP contribution is -2.36. The van der Waals surface area contributed by atoms with Crippen molar-refractivity contribution in [3.05, 3.63) is 30.3 Å². The lowest BCUT2D eigenvalue weighted by Gasteiger charge is -2.20. The zero-order valence-electron chi connectivity index (χ0n) is 9.46. The quantitative estimate of drug-likeness (QED) is 0.805. The van der Waals surface area contributed by atoms with Crippen molar-refractivity contribution in [2.24, 2.45) is 5.92 Å². The number of sulfone groups is 1. The zero-order chi connectivity index (χ0) is 11.7. The summed E-state index contributed by atoms with van der Waals surface area (Å²) >= 11 is 0. The molecule has 1 aromatic carbocycles. The van der Waals surface area contributed by atoms with Gasteiger partial charge in [-0.15, -0.1) is 0 Å². The Morgan fingerprint density at radius 1 is 1.18 bits per heavy atom. The van der Waals surface area contributed by atoms with Crippen LogP contribution < -0.4 is 5.32 Å². The molecule has 90 valence electrons. The van der Waals surface area contributed by atoms with Crippen LogP contribution in [0.3, 0.4) is 0 Å². The van der Waals surface area contributed by atoms with Crippen LogP contribution in [0.5, 0.6) is 0 Å². The highest BCUT2D eigenvalue weighted by atomic mass is 32.2. The fourth-order valence-electron chi connectivity index (χ4n) is 3.66. The summed E-state index contributed by atoms with van der Waals surface area (Å²) in [5, 5.41) is 3.36. The number of hydrogen-bond acceptors (Lipinski definition) is 3. The van der Waals surface area contributed by atoms with Crippen molar-refractivity contribution in [3.63, 3.8) is 0 Å². The Kier molecular flexibility index (Phi) is 1.74. The molecule has 0 amide bonds. The van der Waals surface area contributed by atoms with Crippen molar-refractivity contribution in [2.45, 2.75) is 41.0 Å². The molecule has 1 aromatic rings. The van der Waals surface area contributed by atoms with Gasteiger partial charge in [0.2, 0.25) is 0 Å². The molecule has 2 aliphatic carbocycles. The van der Waals surface area contributed by atoms with Gasteiger partial charge in [-0.3, -0.25) is 0 Å². The molecular weight excluding hydrogens is 234 g/mol. The van der Waals surface area contributed by atoms with Crippen LogP contribution in [0, 0.1) is 5.92 Å². The summed E-state index contributed by atoms with van der Waals surface area (Å²) in [6, 6.07) is 9.62. The molecule has 3 nitrogen and oxygen atoms in total. The van der Waals surface area contributed by atoms with E-state index in [4.69, 9.17) is 0 Å². The summed E-state index contributed by atoms with van der Waals surface area (Å²) in [7, 11) is -3.16. The number of hydrogen-bond donors (Lipinski definition) is 1. The van der Waals surface area contributed by atoms with Gasteiger partial charge in [0.25, 0.3) is 0 Å². The summed E-state index contributed by atoms with van der Waals surface area (Å²) in [6.45, 7) is 0. The Hall–Kier alpha value is -0.870. The van der Waals surface area contributed by atoms with Crippen LogP contribution >= 0.6 is 0 Å². The molecule has 1 heterocycles. The maximum Gasteiger partial charge on any atom is 0.185 e. The van der Waals surface area contributed by atoms with Crippen LogP contribution in [-0.2, 0) is 9.84 Å². The van der Waals surface area contributed by atoms with E-state index in [-0.39, 0.29) is 6.04 Å². The molecule has 0 spiro atoms. The molecule has 3 aliphatic rings. The average Bonchev–Trinajstić information content (AvgIpc) is 3.20. The fourth-order valence-corrected chi connectivity index (χ4v) is 6.15. The van der Waals surface area contributed by atoms with Crippen LogP contribution in [-0.4, -0.2) is 25.2 Å². The van der Waals surface area contributed by atoms with Crippen molar-refractivity contribution in [2.75, 3.05) is 0 Å². The molecule has 1 saturated heterocycles. The minimum absolute atomic E-state index is 0.228. The Labute approximate surface area is 101 Å². The first-order valence-electron chi connectivity index (χ1n) is 6.22. The summed E-state index contributed by atoms with van der Waals surface area (Å²) in [6.07, 6.45) is 3.08. The van der Waals surface area contributed by atoms with Crippen LogP contribution in [0.25, 0.3) is 0 Å². The van der Waals surface area contributed by atoms with E-state index in [1.54, 1.807) is 12.1 Å². The third kappa shape index (κ3) is 1.13. The summed E-state index contributed by atoms with van der Waals surface area (Å²) in [5.74, 6) is 0.393. The number of nitrogens with one attached hydrogen (secondary N) is 1. The smallest absolute Gasteiger partial charge is 0.185 e. The first-order chi connectivity index (χ1) is 8.16. The van der Waals surface area contributed by atoms with Gasteiger partial charge in [-0.25, -0.2) is 8.42 Å². The second-order valence-electron chi connectivity index (χ2n) is 5.50. The van der Waals surface area contributed by atoms with E-state index in [0.29, 0.717) is 16.9 Å². The SMILES string of the molecule is O=S(=O)(c1ccccc1)[C@@]12C[C@@H]1CC[C@@H]1N[C@@H]12. The van der Waals surface area contributed by atoms with Crippen molar-refractivity contribution in [1.82, 2.24) is 5.32 Å². The third-order valence-corrected chi connectivity index (χ3v) is 7.34. The van der Waals surface area contributed by atoms with Crippen LogP contribution in [0.4, 0.5) is 0 Å². The maximum absolute atomic E-state index is 12.7. The van der Waals surface area contributed by atoms with Gasteiger partial charge < -0.3 is 5.32 Å². The molecule has 0 aromatic heterocycles. The lowest BCUT2D eigenvalue weighted by molar-refractivity contribution is 0.519. The van der Waals surface area contributed by atoms with Gasteiger partial charge in [-0.05, 0) is 37.3 Å². The Morgan fingerprint density at radius 3 is 2.71 bits per heavy atom. The second kappa shape index (κ2) is 2.93. The van der Waals surface area contributed by atoms with E-state index >= 15 is 0 Å². The zero-order valence-corrected chi connectivity index (χ0v) is 10.3. The van der Waals surface area contributed by atoms with E-state index in [1.807, 2.05) is 18.2 Å². The topological polar surface area (TPSA) is 56.1 Å². The molecule has 4 atom stereocenters. The second-order valence-corrected chi connectivity index (χ2v) is 7.74. The predicted molar refractivity (Wildman–Crippen MR) is 64.4 cm³/mol. The molecule has 4 heteroatoms.